The number of esters is 1. The topological polar surface area (TPSA) is 61.8 Å². The average molecular weight is 340 g/mol. The second-order valence-electron chi connectivity index (χ2n) is 5.18. The number of benzene rings is 2. The third kappa shape index (κ3) is 5.58. The highest BCUT2D eigenvalue weighted by molar-refractivity contribution is 6.06. The van der Waals surface area contributed by atoms with E-state index in [1.54, 1.807) is 61.7 Å². The zero-order chi connectivity index (χ0) is 18.1. The van der Waals surface area contributed by atoms with Gasteiger partial charge in [0.1, 0.15) is 12.4 Å². The molecular weight excluding hydrogens is 320 g/mol. The molecule has 5 heteroatoms. The number of rotatable bonds is 8. The van der Waals surface area contributed by atoms with Crippen LogP contribution in [0.2, 0.25) is 0 Å². The molecule has 0 bridgehead atoms. The molecule has 0 fully saturated rings. The SMILES string of the molecule is COCCOc1ccc(C(=O)/C=C/c2ccc(C(=O)OC)cc2)cc1. The minimum Gasteiger partial charge on any atom is -0.491 e. The molecule has 0 radical (unpaired) electrons. The second kappa shape index (κ2) is 9.39. The zero-order valence-electron chi connectivity index (χ0n) is 14.2. The predicted octanol–water partition coefficient (Wildman–Crippen LogP) is 3.39. The molecule has 0 aliphatic heterocycles. The summed E-state index contributed by atoms with van der Waals surface area (Å²) in [5.74, 6) is 0.191. The molecule has 0 atom stereocenters. The Morgan fingerprint density at radius 1 is 0.880 bits per heavy atom. The number of carbonyl (C=O) groups excluding carboxylic acids is 2. The fraction of sp³-hybridized carbons (Fsp3) is 0.200. The molecule has 0 saturated carbocycles. The van der Waals surface area contributed by atoms with Crippen LogP contribution in [0.25, 0.3) is 6.08 Å². The first-order valence-electron chi connectivity index (χ1n) is 7.76. The van der Waals surface area contributed by atoms with Gasteiger partial charge in [0, 0.05) is 12.7 Å². The van der Waals surface area contributed by atoms with E-state index in [4.69, 9.17) is 9.47 Å². The number of carbonyl (C=O) groups is 2. The van der Waals surface area contributed by atoms with Crippen molar-refractivity contribution in [3.8, 4) is 5.75 Å². The Balaban J connectivity index is 1.96. The summed E-state index contributed by atoms with van der Waals surface area (Å²) in [5, 5.41) is 0. The molecule has 130 valence electrons. The van der Waals surface area contributed by atoms with Crippen LogP contribution in [-0.2, 0) is 9.47 Å². The van der Waals surface area contributed by atoms with Crippen LogP contribution >= 0.6 is 0 Å². The summed E-state index contributed by atoms with van der Waals surface area (Å²) in [6.07, 6.45) is 3.19. The van der Waals surface area contributed by atoms with Gasteiger partial charge < -0.3 is 14.2 Å². The Morgan fingerprint density at radius 3 is 2.12 bits per heavy atom. The third-order valence-electron chi connectivity index (χ3n) is 3.45. The normalized spacial score (nSPS) is 10.6. The number of hydrogen-bond donors (Lipinski definition) is 0. The van der Waals surface area contributed by atoms with Gasteiger partial charge in [-0.3, -0.25) is 4.79 Å². The molecule has 25 heavy (non-hydrogen) atoms. The molecule has 0 amide bonds. The smallest absolute Gasteiger partial charge is 0.337 e. The first-order chi connectivity index (χ1) is 12.1. The summed E-state index contributed by atoms with van der Waals surface area (Å²) >= 11 is 0. The Bertz CT molecular complexity index is 730. The van der Waals surface area contributed by atoms with E-state index in [9.17, 15) is 9.59 Å². The summed E-state index contributed by atoms with van der Waals surface area (Å²) in [7, 11) is 2.95. The largest absolute Gasteiger partial charge is 0.491 e. The number of ether oxygens (including phenoxy) is 3. The highest BCUT2D eigenvalue weighted by atomic mass is 16.5. The fourth-order valence-electron chi connectivity index (χ4n) is 2.07. The van der Waals surface area contributed by atoms with Crippen molar-refractivity contribution in [2.45, 2.75) is 0 Å². The van der Waals surface area contributed by atoms with Crippen LogP contribution in [-0.4, -0.2) is 39.2 Å². The van der Waals surface area contributed by atoms with Crippen LogP contribution in [0.4, 0.5) is 0 Å². The molecular formula is C20H20O5. The molecule has 5 nitrogen and oxygen atoms in total. The van der Waals surface area contributed by atoms with Crippen LogP contribution in [0.15, 0.2) is 54.6 Å². The first-order valence-corrected chi connectivity index (χ1v) is 7.76. The van der Waals surface area contributed by atoms with Crippen LogP contribution in [0, 0.1) is 0 Å². The van der Waals surface area contributed by atoms with E-state index >= 15 is 0 Å². The lowest BCUT2D eigenvalue weighted by Crippen LogP contribution is -2.04. The Kier molecular flexibility index (Phi) is 6.92. The molecule has 0 aliphatic carbocycles. The van der Waals surface area contributed by atoms with Crippen molar-refractivity contribution < 1.29 is 23.8 Å². The predicted molar refractivity (Wildman–Crippen MR) is 95.0 cm³/mol. The van der Waals surface area contributed by atoms with Gasteiger partial charge in [0.15, 0.2) is 5.78 Å². The van der Waals surface area contributed by atoms with Crippen molar-refractivity contribution in [2.24, 2.45) is 0 Å². The molecule has 0 N–H and O–H groups in total. The number of hydrogen-bond acceptors (Lipinski definition) is 5. The van der Waals surface area contributed by atoms with E-state index in [-0.39, 0.29) is 11.8 Å². The standard InChI is InChI=1S/C20H20O5/c1-23-13-14-25-18-10-8-16(9-11-18)19(21)12-5-15-3-6-17(7-4-15)20(22)24-2/h3-12H,13-14H2,1-2H3/b12-5+. The van der Waals surface area contributed by atoms with Crippen LogP contribution in [0.1, 0.15) is 26.3 Å². The monoisotopic (exact) mass is 340 g/mol. The molecule has 2 aromatic carbocycles. The van der Waals surface area contributed by atoms with Crippen molar-refractivity contribution in [2.75, 3.05) is 27.4 Å². The summed E-state index contributed by atoms with van der Waals surface area (Å²) < 4.78 is 15.0. The van der Waals surface area contributed by atoms with Gasteiger partial charge in [-0.25, -0.2) is 4.79 Å². The van der Waals surface area contributed by atoms with E-state index in [0.717, 1.165) is 5.56 Å². The maximum Gasteiger partial charge on any atom is 0.337 e. The average Bonchev–Trinajstić information content (AvgIpc) is 2.66. The maximum atomic E-state index is 12.2. The first kappa shape index (κ1) is 18.4. The lowest BCUT2D eigenvalue weighted by molar-refractivity contribution is 0.0600. The number of allylic oxidation sites excluding steroid dienone is 1. The number of methoxy groups -OCH3 is 2. The van der Waals surface area contributed by atoms with E-state index < -0.39 is 0 Å². The maximum absolute atomic E-state index is 12.2. The Hall–Kier alpha value is -2.92. The lowest BCUT2D eigenvalue weighted by atomic mass is 10.1. The van der Waals surface area contributed by atoms with Crippen LogP contribution < -0.4 is 4.74 Å². The lowest BCUT2D eigenvalue weighted by Gasteiger charge is -2.05. The van der Waals surface area contributed by atoms with E-state index in [1.165, 1.54) is 13.2 Å². The summed E-state index contributed by atoms with van der Waals surface area (Å²) in [6, 6.07) is 13.8. The quantitative estimate of drug-likeness (QED) is 0.319. The second-order valence-corrected chi connectivity index (χ2v) is 5.18. The van der Waals surface area contributed by atoms with Gasteiger partial charge >= 0.3 is 5.97 Å². The van der Waals surface area contributed by atoms with E-state index in [2.05, 4.69) is 4.74 Å². The van der Waals surface area contributed by atoms with Gasteiger partial charge in [-0.2, -0.15) is 0 Å². The third-order valence-corrected chi connectivity index (χ3v) is 3.45. The van der Waals surface area contributed by atoms with Crippen molar-refractivity contribution in [3.63, 3.8) is 0 Å². The number of ketones is 1. The highest BCUT2D eigenvalue weighted by Gasteiger charge is 2.05. The van der Waals surface area contributed by atoms with E-state index in [1.807, 2.05) is 0 Å². The Labute approximate surface area is 146 Å². The minimum atomic E-state index is -0.389. The molecule has 0 heterocycles. The Morgan fingerprint density at radius 2 is 1.52 bits per heavy atom. The summed E-state index contributed by atoms with van der Waals surface area (Å²) in [6.45, 7) is 0.976. The zero-order valence-corrected chi connectivity index (χ0v) is 14.2. The van der Waals surface area contributed by atoms with Gasteiger partial charge in [0.25, 0.3) is 0 Å². The van der Waals surface area contributed by atoms with E-state index in [0.29, 0.717) is 30.1 Å². The van der Waals surface area contributed by atoms with Crippen molar-refractivity contribution in [1.82, 2.24) is 0 Å². The molecule has 0 aromatic heterocycles. The van der Waals surface area contributed by atoms with Crippen molar-refractivity contribution in [3.05, 3.63) is 71.3 Å². The summed E-state index contributed by atoms with van der Waals surface area (Å²) in [5.41, 5.74) is 1.86. The van der Waals surface area contributed by atoms with Gasteiger partial charge in [0.2, 0.25) is 0 Å². The van der Waals surface area contributed by atoms with Crippen LogP contribution in [0.3, 0.4) is 0 Å². The minimum absolute atomic E-state index is 0.111. The van der Waals surface area contributed by atoms with Gasteiger partial charge in [0.05, 0.1) is 19.3 Å². The van der Waals surface area contributed by atoms with Crippen molar-refractivity contribution >= 4 is 17.8 Å². The summed E-state index contributed by atoms with van der Waals surface area (Å²) in [4.78, 5) is 23.6. The van der Waals surface area contributed by atoms with Gasteiger partial charge in [-0.1, -0.05) is 18.2 Å². The molecule has 0 aliphatic rings. The van der Waals surface area contributed by atoms with Crippen LogP contribution in [0.5, 0.6) is 5.75 Å². The molecule has 2 rings (SSSR count). The highest BCUT2D eigenvalue weighted by Crippen LogP contribution is 2.14. The van der Waals surface area contributed by atoms with Crippen molar-refractivity contribution in [1.29, 1.82) is 0 Å². The fourth-order valence-corrected chi connectivity index (χ4v) is 2.07. The van der Waals surface area contributed by atoms with Gasteiger partial charge in [-0.05, 0) is 48.0 Å². The molecule has 0 saturated heterocycles. The van der Waals surface area contributed by atoms with Gasteiger partial charge in [-0.15, -0.1) is 0 Å². The molecule has 0 unspecified atom stereocenters. The molecule has 2 aromatic rings. The molecule has 0 spiro atoms.